The Kier molecular flexibility index (Phi) is 5.93. The Hall–Kier alpha value is -2.24. The second kappa shape index (κ2) is 7.76. The van der Waals surface area contributed by atoms with Crippen molar-refractivity contribution in [3.05, 3.63) is 52.5 Å². The Morgan fingerprint density at radius 1 is 1.00 bits per heavy atom. The molecule has 0 fully saturated rings. The number of ether oxygens (including phenoxy) is 1. The average Bonchev–Trinajstić information content (AvgIpc) is 2.51. The molecule has 0 unspecified atom stereocenters. The molecular weight excluding hydrogens is 363 g/mol. The van der Waals surface area contributed by atoms with Gasteiger partial charge in [-0.3, -0.25) is 9.59 Å². The fourth-order valence-electron chi connectivity index (χ4n) is 2.01. The van der Waals surface area contributed by atoms with Crippen molar-refractivity contribution in [2.75, 3.05) is 10.6 Å². The zero-order valence-corrected chi connectivity index (χ0v) is 15.5. The third kappa shape index (κ3) is 5.37. The maximum atomic E-state index is 12.5. The van der Waals surface area contributed by atoms with E-state index in [4.69, 9.17) is 27.9 Å². The summed E-state index contributed by atoms with van der Waals surface area (Å²) < 4.78 is 5.74. The van der Waals surface area contributed by atoms with E-state index < -0.39 is 5.60 Å². The summed E-state index contributed by atoms with van der Waals surface area (Å²) >= 11 is 11.9. The van der Waals surface area contributed by atoms with Gasteiger partial charge in [-0.2, -0.15) is 0 Å². The van der Waals surface area contributed by atoms with Gasteiger partial charge < -0.3 is 15.4 Å². The van der Waals surface area contributed by atoms with Crippen LogP contribution in [-0.2, 0) is 9.59 Å². The van der Waals surface area contributed by atoms with Crippen LogP contribution in [0.5, 0.6) is 5.75 Å². The van der Waals surface area contributed by atoms with Gasteiger partial charge in [0.05, 0.1) is 10.7 Å². The third-order valence-electron chi connectivity index (χ3n) is 3.27. The molecule has 2 aromatic carbocycles. The molecule has 0 radical (unpaired) electrons. The highest BCUT2D eigenvalue weighted by Crippen LogP contribution is 2.27. The Morgan fingerprint density at radius 3 is 2.20 bits per heavy atom. The van der Waals surface area contributed by atoms with E-state index in [2.05, 4.69) is 10.6 Å². The summed E-state index contributed by atoms with van der Waals surface area (Å²) in [6.07, 6.45) is 0. The van der Waals surface area contributed by atoms with Crippen LogP contribution in [0.3, 0.4) is 0 Å². The second-order valence-corrected chi connectivity index (χ2v) is 6.74. The Labute approximate surface area is 156 Å². The van der Waals surface area contributed by atoms with Crippen molar-refractivity contribution in [3.63, 3.8) is 0 Å². The summed E-state index contributed by atoms with van der Waals surface area (Å²) in [7, 11) is 0. The van der Waals surface area contributed by atoms with Gasteiger partial charge in [0.1, 0.15) is 5.75 Å². The molecule has 132 valence electrons. The smallest absolute Gasteiger partial charge is 0.267 e. The predicted octanol–water partition coefficient (Wildman–Crippen LogP) is 4.75. The van der Waals surface area contributed by atoms with E-state index in [9.17, 15) is 9.59 Å². The molecular formula is C18H18Cl2N2O3. The van der Waals surface area contributed by atoms with Gasteiger partial charge in [-0.15, -0.1) is 0 Å². The van der Waals surface area contributed by atoms with Gasteiger partial charge in [0.2, 0.25) is 5.91 Å². The molecule has 0 heterocycles. The molecule has 0 aliphatic rings. The van der Waals surface area contributed by atoms with Crippen LogP contribution in [0.2, 0.25) is 10.0 Å². The number of halogens is 2. The molecule has 2 aromatic rings. The maximum Gasteiger partial charge on any atom is 0.267 e. The molecule has 5 nitrogen and oxygen atoms in total. The number of carbonyl (C=O) groups is 2. The number of amides is 2. The molecule has 2 rings (SSSR count). The molecule has 2 amide bonds. The first-order valence-electron chi connectivity index (χ1n) is 7.50. The summed E-state index contributed by atoms with van der Waals surface area (Å²) in [5, 5.41) is 6.26. The minimum Gasteiger partial charge on any atom is -0.478 e. The van der Waals surface area contributed by atoms with Crippen molar-refractivity contribution >= 4 is 46.4 Å². The first-order chi connectivity index (χ1) is 11.7. The average molecular weight is 381 g/mol. The van der Waals surface area contributed by atoms with Crippen molar-refractivity contribution < 1.29 is 14.3 Å². The van der Waals surface area contributed by atoms with Crippen LogP contribution in [-0.4, -0.2) is 17.4 Å². The minimum absolute atomic E-state index is 0.226. The molecule has 25 heavy (non-hydrogen) atoms. The Morgan fingerprint density at radius 2 is 1.64 bits per heavy atom. The van der Waals surface area contributed by atoms with Gasteiger partial charge in [0.25, 0.3) is 5.91 Å². The molecule has 0 aliphatic heterocycles. The summed E-state index contributed by atoms with van der Waals surface area (Å²) in [5.74, 6) is -0.0365. The summed E-state index contributed by atoms with van der Waals surface area (Å²) in [6, 6.07) is 11.6. The van der Waals surface area contributed by atoms with Gasteiger partial charge in [0, 0.05) is 17.6 Å². The van der Waals surface area contributed by atoms with Crippen LogP contribution >= 0.6 is 23.2 Å². The molecule has 0 bridgehead atoms. The molecule has 0 aromatic heterocycles. The normalized spacial score (nSPS) is 10.9. The lowest BCUT2D eigenvalue weighted by Crippen LogP contribution is -2.42. The highest BCUT2D eigenvalue weighted by Gasteiger charge is 2.30. The number of hydrogen-bond donors (Lipinski definition) is 2. The van der Waals surface area contributed by atoms with Crippen molar-refractivity contribution in [1.29, 1.82) is 0 Å². The SMILES string of the molecule is CC(=O)Nc1ccc(NC(=O)C(C)(C)Oc2ccc(Cl)cc2)cc1Cl. The van der Waals surface area contributed by atoms with Gasteiger partial charge in [-0.25, -0.2) is 0 Å². The standard InChI is InChI=1S/C18H18Cl2N2O3/c1-11(23)21-16-9-6-13(10-15(16)20)22-17(24)18(2,3)25-14-7-4-12(19)5-8-14/h4-10H,1-3H3,(H,21,23)(H,22,24). The molecule has 0 aliphatic carbocycles. The Bertz CT molecular complexity index is 789. The summed E-state index contributed by atoms with van der Waals surface area (Å²) in [6.45, 7) is 4.71. The number of benzene rings is 2. The quantitative estimate of drug-likeness (QED) is 0.786. The molecule has 2 N–H and O–H groups in total. The fourth-order valence-corrected chi connectivity index (χ4v) is 2.36. The van der Waals surface area contributed by atoms with E-state index in [-0.39, 0.29) is 11.8 Å². The first kappa shape index (κ1) is 19.1. The molecule has 0 saturated heterocycles. The number of anilines is 2. The number of hydrogen-bond acceptors (Lipinski definition) is 3. The summed E-state index contributed by atoms with van der Waals surface area (Å²) in [4.78, 5) is 23.6. The zero-order chi connectivity index (χ0) is 18.6. The number of carbonyl (C=O) groups excluding carboxylic acids is 2. The van der Waals surface area contributed by atoms with Crippen molar-refractivity contribution in [3.8, 4) is 5.75 Å². The zero-order valence-electron chi connectivity index (χ0n) is 14.0. The third-order valence-corrected chi connectivity index (χ3v) is 3.84. The van der Waals surface area contributed by atoms with Crippen LogP contribution in [0.25, 0.3) is 0 Å². The predicted molar refractivity (Wildman–Crippen MR) is 101 cm³/mol. The van der Waals surface area contributed by atoms with E-state index in [1.165, 1.54) is 6.92 Å². The van der Waals surface area contributed by atoms with E-state index in [0.717, 1.165) is 0 Å². The Balaban J connectivity index is 2.08. The van der Waals surface area contributed by atoms with Crippen LogP contribution in [0.4, 0.5) is 11.4 Å². The molecule has 0 saturated carbocycles. The lowest BCUT2D eigenvalue weighted by molar-refractivity contribution is -0.128. The fraction of sp³-hybridized carbons (Fsp3) is 0.222. The molecule has 0 atom stereocenters. The minimum atomic E-state index is -1.11. The van der Waals surface area contributed by atoms with E-state index in [0.29, 0.717) is 27.2 Å². The van der Waals surface area contributed by atoms with E-state index in [1.807, 2.05) is 0 Å². The summed E-state index contributed by atoms with van der Waals surface area (Å²) in [5.41, 5.74) is -0.142. The van der Waals surface area contributed by atoms with Crippen molar-refractivity contribution in [2.24, 2.45) is 0 Å². The van der Waals surface area contributed by atoms with Crippen molar-refractivity contribution in [1.82, 2.24) is 0 Å². The monoisotopic (exact) mass is 380 g/mol. The topological polar surface area (TPSA) is 67.4 Å². The van der Waals surface area contributed by atoms with Crippen LogP contribution in [0, 0.1) is 0 Å². The van der Waals surface area contributed by atoms with Crippen molar-refractivity contribution in [2.45, 2.75) is 26.4 Å². The van der Waals surface area contributed by atoms with Crippen LogP contribution in [0.1, 0.15) is 20.8 Å². The van der Waals surface area contributed by atoms with Crippen LogP contribution in [0.15, 0.2) is 42.5 Å². The highest BCUT2D eigenvalue weighted by molar-refractivity contribution is 6.34. The van der Waals surface area contributed by atoms with Gasteiger partial charge in [-0.1, -0.05) is 23.2 Å². The maximum absolute atomic E-state index is 12.5. The number of nitrogens with one attached hydrogen (secondary N) is 2. The highest BCUT2D eigenvalue weighted by atomic mass is 35.5. The lowest BCUT2D eigenvalue weighted by Gasteiger charge is -2.25. The first-order valence-corrected chi connectivity index (χ1v) is 8.26. The van der Waals surface area contributed by atoms with Gasteiger partial charge in [0.15, 0.2) is 5.60 Å². The largest absolute Gasteiger partial charge is 0.478 e. The lowest BCUT2D eigenvalue weighted by atomic mass is 10.1. The van der Waals surface area contributed by atoms with E-state index in [1.54, 1.807) is 56.3 Å². The van der Waals surface area contributed by atoms with E-state index >= 15 is 0 Å². The number of rotatable bonds is 5. The van der Waals surface area contributed by atoms with Crippen LogP contribution < -0.4 is 15.4 Å². The molecule has 0 spiro atoms. The van der Waals surface area contributed by atoms with Gasteiger partial charge >= 0.3 is 0 Å². The second-order valence-electron chi connectivity index (χ2n) is 5.90. The van der Waals surface area contributed by atoms with Gasteiger partial charge in [-0.05, 0) is 56.3 Å². The molecule has 7 heteroatoms.